The van der Waals surface area contributed by atoms with Crippen LogP contribution in [-0.4, -0.2) is 22.4 Å². The third-order valence-corrected chi connectivity index (χ3v) is 3.83. The molecule has 0 aliphatic rings. The standard InChI is InChI=1S/C18H27N3/c1-14(2)19-12-18(17-7-5-6-15(3)10-17)9-8-16-11-20-21(4)13-16/h5-7,10-11,13-14,18-19H,8-9,12H2,1-4H3. The molecule has 0 saturated heterocycles. The first kappa shape index (κ1) is 15.8. The molecular weight excluding hydrogens is 258 g/mol. The Morgan fingerprint density at radius 1 is 1.29 bits per heavy atom. The van der Waals surface area contributed by atoms with E-state index in [0.29, 0.717) is 12.0 Å². The van der Waals surface area contributed by atoms with Crippen molar-refractivity contribution in [1.29, 1.82) is 0 Å². The molecule has 114 valence electrons. The molecule has 1 N–H and O–H groups in total. The third-order valence-electron chi connectivity index (χ3n) is 3.83. The molecule has 0 amide bonds. The molecular formula is C18H27N3. The van der Waals surface area contributed by atoms with Crippen molar-refractivity contribution in [2.24, 2.45) is 7.05 Å². The molecule has 0 radical (unpaired) electrons. The van der Waals surface area contributed by atoms with Gasteiger partial charge >= 0.3 is 0 Å². The summed E-state index contributed by atoms with van der Waals surface area (Å²) in [6.07, 6.45) is 6.31. The quantitative estimate of drug-likeness (QED) is 0.844. The number of benzene rings is 1. The minimum absolute atomic E-state index is 0.524. The van der Waals surface area contributed by atoms with Gasteiger partial charge in [-0.25, -0.2) is 0 Å². The summed E-state index contributed by atoms with van der Waals surface area (Å²) >= 11 is 0. The van der Waals surface area contributed by atoms with Crippen molar-refractivity contribution in [3.63, 3.8) is 0 Å². The van der Waals surface area contributed by atoms with Gasteiger partial charge in [-0.05, 0) is 36.8 Å². The minimum atomic E-state index is 0.524. The third kappa shape index (κ3) is 5.01. The molecule has 1 heterocycles. The lowest BCUT2D eigenvalue weighted by molar-refractivity contribution is 0.508. The van der Waals surface area contributed by atoms with Crippen molar-refractivity contribution in [3.8, 4) is 0 Å². The van der Waals surface area contributed by atoms with Gasteiger partial charge in [0.25, 0.3) is 0 Å². The molecule has 2 rings (SSSR count). The van der Waals surface area contributed by atoms with Gasteiger partial charge in [-0.15, -0.1) is 0 Å². The van der Waals surface area contributed by atoms with Crippen LogP contribution >= 0.6 is 0 Å². The van der Waals surface area contributed by atoms with E-state index in [1.165, 1.54) is 16.7 Å². The molecule has 1 aromatic heterocycles. The Morgan fingerprint density at radius 3 is 2.71 bits per heavy atom. The molecule has 0 aliphatic heterocycles. The Kier molecular flexibility index (Phi) is 5.57. The highest BCUT2D eigenvalue weighted by Crippen LogP contribution is 2.22. The highest BCUT2D eigenvalue weighted by molar-refractivity contribution is 5.26. The van der Waals surface area contributed by atoms with Gasteiger partial charge in [0, 0.05) is 25.8 Å². The van der Waals surface area contributed by atoms with Gasteiger partial charge in [0.1, 0.15) is 0 Å². The number of rotatable bonds is 7. The lowest BCUT2D eigenvalue weighted by Gasteiger charge is -2.20. The predicted molar refractivity (Wildman–Crippen MR) is 88.6 cm³/mol. The monoisotopic (exact) mass is 285 g/mol. The molecule has 21 heavy (non-hydrogen) atoms. The van der Waals surface area contributed by atoms with E-state index in [2.05, 4.69) is 61.6 Å². The summed E-state index contributed by atoms with van der Waals surface area (Å²) in [4.78, 5) is 0. The zero-order valence-electron chi connectivity index (χ0n) is 13.6. The summed E-state index contributed by atoms with van der Waals surface area (Å²) in [5.41, 5.74) is 4.09. The minimum Gasteiger partial charge on any atom is -0.314 e. The highest BCUT2D eigenvalue weighted by Gasteiger charge is 2.13. The number of nitrogens with zero attached hydrogens (tertiary/aromatic N) is 2. The van der Waals surface area contributed by atoms with Gasteiger partial charge in [0.05, 0.1) is 6.20 Å². The summed E-state index contributed by atoms with van der Waals surface area (Å²) < 4.78 is 1.88. The summed E-state index contributed by atoms with van der Waals surface area (Å²) in [5.74, 6) is 0.549. The molecule has 0 spiro atoms. The van der Waals surface area contributed by atoms with Crippen LogP contribution in [0.3, 0.4) is 0 Å². The van der Waals surface area contributed by atoms with E-state index >= 15 is 0 Å². The van der Waals surface area contributed by atoms with Crippen LogP contribution in [0.2, 0.25) is 0 Å². The molecule has 1 aromatic carbocycles. The molecule has 0 saturated carbocycles. The first-order chi connectivity index (χ1) is 10.0. The first-order valence-corrected chi connectivity index (χ1v) is 7.82. The van der Waals surface area contributed by atoms with Crippen LogP contribution in [0.15, 0.2) is 36.7 Å². The number of nitrogens with one attached hydrogen (secondary N) is 1. The lowest BCUT2D eigenvalue weighted by Crippen LogP contribution is -2.28. The number of aromatic nitrogens is 2. The van der Waals surface area contributed by atoms with Crippen LogP contribution in [0, 0.1) is 6.92 Å². The molecule has 0 aliphatic carbocycles. The predicted octanol–water partition coefficient (Wildman–Crippen LogP) is 3.44. The number of hydrogen-bond donors (Lipinski definition) is 1. The summed E-state index contributed by atoms with van der Waals surface area (Å²) in [6, 6.07) is 9.42. The fourth-order valence-corrected chi connectivity index (χ4v) is 2.63. The summed E-state index contributed by atoms with van der Waals surface area (Å²) in [7, 11) is 1.97. The maximum Gasteiger partial charge on any atom is 0.0521 e. The van der Waals surface area contributed by atoms with E-state index < -0.39 is 0 Å². The van der Waals surface area contributed by atoms with E-state index in [4.69, 9.17) is 0 Å². The van der Waals surface area contributed by atoms with Crippen molar-refractivity contribution >= 4 is 0 Å². The highest BCUT2D eigenvalue weighted by atomic mass is 15.2. The van der Waals surface area contributed by atoms with Gasteiger partial charge in [-0.3, -0.25) is 4.68 Å². The first-order valence-electron chi connectivity index (χ1n) is 7.82. The van der Waals surface area contributed by atoms with Gasteiger partial charge in [-0.2, -0.15) is 5.10 Å². The van der Waals surface area contributed by atoms with Gasteiger partial charge < -0.3 is 5.32 Å². The SMILES string of the molecule is Cc1cccc(C(CCc2cnn(C)c2)CNC(C)C)c1. The van der Waals surface area contributed by atoms with Crippen LogP contribution in [0.4, 0.5) is 0 Å². The maximum absolute atomic E-state index is 4.26. The van der Waals surface area contributed by atoms with Crippen molar-refractivity contribution < 1.29 is 0 Å². The Morgan fingerprint density at radius 2 is 2.10 bits per heavy atom. The molecule has 1 atom stereocenters. The van der Waals surface area contributed by atoms with Crippen molar-refractivity contribution in [3.05, 3.63) is 53.3 Å². The van der Waals surface area contributed by atoms with E-state index in [1.54, 1.807) is 0 Å². The van der Waals surface area contributed by atoms with E-state index in [-0.39, 0.29) is 0 Å². The average Bonchev–Trinajstić information content (AvgIpc) is 2.84. The molecule has 0 fully saturated rings. The maximum atomic E-state index is 4.26. The Hall–Kier alpha value is -1.61. The molecule has 2 aromatic rings. The van der Waals surface area contributed by atoms with Gasteiger partial charge in [0.15, 0.2) is 0 Å². The van der Waals surface area contributed by atoms with Crippen molar-refractivity contribution in [2.75, 3.05) is 6.54 Å². The molecule has 1 unspecified atom stereocenters. The van der Waals surface area contributed by atoms with Crippen LogP contribution in [0.1, 0.15) is 42.9 Å². The van der Waals surface area contributed by atoms with Crippen LogP contribution in [0.25, 0.3) is 0 Å². The van der Waals surface area contributed by atoms with Crippen molar-refractivity contribution in [1.82, 2.24) is 15.1 Å². The topological polar surface area (TPSA) is 29.9 Å². The number of hydrogen-bond acceptors (Lipinski definition) is 2. The van der Waals surface area contributed by atoms with Crippen LogP contribution in [0.5, 0.6) is 0 Å². The average molecular weight is 285 g/mol. The Labute approximate surface area is 128 Å². The van der Waals surface area contributed by atoms with Crippen molar-refractivity contribution in [2.45, 2.75) is 45.6 Å². The molecule has 3 nitrogen and oxygen atoms in total. The van der Waals surface area contributed by atoms with E-state index in [9.17, 15) is 0 Å². The normalized spacial score (nSPS) is 12.8. The molecule has 3 heteroatoms. The zero-order valence-corrected chi connectivity index (χ0v) is 13.6. The van der Waals surface area contributed by atoms with Gasteiger partial charge in [0.2, 0.25) is 0 Å². The fraction of sp³-hybridized carbons (Fsp3) is 0.500. The number of aryl methyl sites for hydroxylation is 3. The molecule has 0 bridgehead atoms. The van der Waals surface area contributed by atoms with Gasteiger partial charge in [-0.1, -0.05) is 43.7 Å². The van der Waals surface area contributed by atoms with E-state index in [0.717, 1.165) is 19.4 Å². The van der Waals surface area contributed by atoms with Crippen LogP contribution in [-0.2, 0) is 13.5 Å². The van der Waals surface area contributed by atoms with Crippen LogP contribution < -0.4 is 5.32 Å². The smallest absolute Gasteiger partial charge is 0.0521 e. The fourth-order valence-electron chi connectivity index (χ4n) is 2.63. The largest absolute Gasteiger partial charge is 0.314 e. The zero-order chi connectivity index (χ0) is 15.2. The Bertz CT molecular complexity index is 557. The van der Waals surface area contributed by atoms with E-state index in [1.807, 2.05) is 17.9 Å². The second kappa shape index (κ2) is 7.41. The second-order valence-corrected chi connectivity index (χ2v) is 6.23. The second-order valence-electron chi connectivity index (χ2n) is 6.23. The summed E-state index contributed by atoms with van der Waals surface area (Å²) in [5, 5.41) is 7.84. The Balaban J connectivity index is 2.04. The lowest BCUT2D eigenvalue weighted by atomic mass is 9.91. The summed E-state index contributed by atoms with van der Waals surface area (Å²) in [6.45, 7) is 7.60.